The van der Waals surface area contributed by atoms with E-state index in [9.17, 15) is 9.90 Å². The molecule has 1 aliphatic rings. The first-order chi connectivity index (χ1) is 11.1. The van der Waals surface area contributed by atoms with Crippen LogP contribution >= 0.6 is 11.6 Å². The third-order valence-corrected chi connectivity index (χ3v) is 4.32. The van der Waals surface area contributed by atoms with E-state index < -0.39 is 18.5 Å². The van der Waals surface area contributed by atoms with Crippen molar-refractivity contribution >= 4 is 17.4 Å². The van der Waals surface area contributed by atoms with Crippen molar-refractivity contribution in [1.29, 1.82) is 0 Å². The third kappa shape index (κ3) is 3.39. The SMILES string of the molecule is O=C(c1ccc(Cl)c(Cc2ccc3c(c2)CCO3)c1)[C@H](O)CO. The second kappa shape index (κ2) is 6.71. The first-order valence-corrected chi connectivity index (χ1v) is 7.82. The Labute approximate surface area is 139 Å². The molecule has 23 heavy (non-hydrogen) atoms. The van der Waals surface area contributed by atoms with Gasteiger partial charge in [-0.1, -0.05) is 23.7 Å². The Bertz CT molecular complexity index is 742. The van der Waals surface area contributed by atoms with E-state index in [1.54, 1.807) is 18.2 Å². The topological polar surface area (TPSA) is 66.8 Å². The van der Waals surface area contributed by atoms with Crippen LogP contribution in [-0.2, 0) is 12.8 Å². The average molecular weight is 333 g/mol. The zero-order valence-electron chi connectivity index (χ0n) is 12.5. The summed E-state index contributed by atoms with van der Waals surface area (Å²) >= 11 is 6.23. The van der Waals surface area contributed by atoms with Gasteiger partial charge in [-0.2, -0.15) is 0 Å². The average Bonchev–Trinajstić information content (AvgIpc) is 3.03. The molecule has 1 heterocycles. The van der Waals surface area contributed by atoms with E-state index in [0.29, 0.717) is 23.6 Å². The number of hydrogen-bond acceptors (Lipinski definition) is 4. The van der Waals surface area contributed by atoms with Crippen LogP contribution in [0, 0.1) is 0 Å². The summed E-state index contributed by atoms with van der Waals surface area (Å²) in [5.41, 5.74) is 3.42. The minimum Gasteiger partial charge on any atom is -0.493 e. The Balaban J connectivity index is 1.86. The van der Waals surface area contributed by atoms with Gasteiger partial charge in [-0.3, -0.25) is 4.79 Å². The normalized spacial score (nSPS) is 14.2. The molecule has 2 aromatic carbocycles. The van der Waals surface area contributed by atoms with E-state index in [4.69, 9.17) is 21.4 Å². The third-order valence-electron chi connectivity index (χ3n) is 3.95. The van der Waals surface area contributed by atoms with Crippen molar-refractivity contribution in [2.75, 3.05) is 13.2 Å². The van der Waals surface area contributed by atoms with Gasteiger partial charge in [0.05, 0.1) is 13.2 Å². The lowest BCUT2D eigenvalue weighted by molar-refractivity contribution is 0.0587. The van der Waals surface area contributed by atoms with E-state index in [0.717, 1.165) is 23.3 Å². The highest BCUT2D eigenvalue weighted by molar-refractivity contribution is 6.31. The molecule has 0 fully saturated rings. The lowest BCUT2D eigenvalue weighted by atomic mass is 9.98. The van der Waals surface area contributed by atoms with Crippen molar-refractivity contribution in [3.05, 3.63) is 63.7 Å². The molecule has 0 aliphatic carbocycles. The van der Waals surface area contributed by atoms with Gasteiger partial charge in [-0.05, 0) is 47.4 Å². The van der Waals surface area contributed by atoms with Crippen LogP contribution in [0.1, 0.15) is 27.0 Å². The fourth-order valence-electron chi connectivity index (χ4n) is 2.71. The zero-order chi connectivity index (χ0) is 16.4. The maximum atomic E-state index is 12.0. The minimum atomic E-state index is -1.40. The standard InChI is InChI=1S/C18H17ClO4/c19-15-3-2-13(18(22)16(21)10-20)9-14(15)8-11-1-4-17-12(7-11)5-6-23-17/h1-4,7,9,16,20-21H,5-6,8,10H2/t16-/m1/s1. The van der Waals surface area contributed by atoms with Crippen LogP contribution in [0.3, 0.4) is 0 Å². The number of carbonyl (C=O) groups is 1. The first kappa shape index (κ1) is 16.0. The van der Waals surface area contributed by atoms with E-state index >= 15 is 0 Å². The number of hydrogen-bond donors (Lipinski definition) is 2. The molecule has 0 bridgehead atoms. The molecule has 120 valence electrons. The first-order valence-electron chi connectivity index (χ1n) is 7.44. The van der Waals surface area contributed by atoms with E-state index in [-0.39, 0.29) is 0 Å². The van der Waals surface area contributed by atoms with E-state index in [2.05, 4.69) is 6.07 Å². The summed E-state index contributed by atoms with van der Waals surface area (Å²) in [7, 11) is 0. The van der Waals surface area contributed by atoms with Crippen LogP contribution in [0.15, 0.2) is 36.4 Å². The summed E-state index contributed by atoms with van der Waals surface area (Å²) in [6.07, 6.45) is 0.0850. The maximum Gasteiger partial charge on any atom is 0.193 e. The smallest absolute Gasteiger partial charge is 0.193 e. The second-order valence-corrected chi connectivity index (χ2v) is 5.99. The number of carbonyl (C=O) groups excluding carboxylic acids is 1. The predicted molar refractivity (Wildman–Crippen MR) is 87.3 cm³/mol. The molecule has 1 atom stereocenters. The number of aliphatic hydroxyl groups excluding tert-OH is 2. The molecule has 4 nitrogen and oxygen atoms in total. The quantitative estimate of drug-likeness (QED) is 0.825. The van der Waals surface area contributed by atoms with Gasteiger partial charge in [0.2, 0.25) is 0 Å². The lowest BCUT2D eigenvalue weighted by Gasteiger charge is -2.10. The van der Waals surface area contributed by atoms with Crippen molar-refractivity contribution in [2.45, 2.75) is 18.9 Å². The van der Waals surface area contributed by atoms with Crippen molar-refractivity contribution in [3.8, 4) is 5.75 Å². The van der Waals surface area contributed by atoms with Gasteiger partial charge in [0.15, 0.2) is 5.78 Å². The molecule has 2 N–H and O–H groups in total. The molecular formula is C18H17ClO4. The van der Waals surface area contributed by atoms with Crippen molar-refractivity contribution in [1.82, 2.24) is 0 Å². The number of Topliss-reactive ketones (excluding diaryl/α,β-unsaturated/α-hetero) is 1. The van der Waals surface area contributed by atoms with Crippen LogP contribution in [-0.4, -0.2) is 35.3 Å². The highest BCUT2D eigenvalue weighted by Gasteiger charge is 2.18. The summed E-state index contributed by atoms with van der Waals surface area (Å²) in [6.45, 7) is 0.115. The molecule has 1 aliphatic heterocycles. The van der Waals surface area contributed by atoms with Crippen LogP contribution in [0.2, 0.25) is 5.02 Å². The van der Waals surface area contributed by atoms with Gasteiger partial charge in [0.25, 0.3) is 0 Å². The predicted octanol–water partition coefficient (Wildman–Crippen LogP) is 2.40. The largest absolute Gasteiger partial charge is 0.493 e. The van der Waals surface area contributed by atoms with Gasteiger partial charge in [-0.15, -0.1) is 0 Å². The van der Waals surface area contributed by atoms with Crippen molar-refractivity contribution in [2.24, 2.45) is 0 Å². The number of rotatable bonds is 5. The van der Waals surface area contributed by atoms with Crippen molar-refractivity contribution < 1.29 is 19.7 Å². The summed E-state index contributed by atoms with van der Waals surface area (Å²) in [4.78, 5) is 12.0. The molecule has 0 aromatic heterocycles. The fraction of sp³-hybridized carbons (Fsp3) is 0.278. The molecule has 0 radical (unpaired) electrons. The molecule has 0 amide bonds. The molecule has 0 unspecified atom stereocenters. The Kier molecular flexibility index (Phi) is 4.66. The van der Waals surface area contributed by atoms with Gasteiger partial charge in [-0.25, -0.2) is 0 Å². The Morgan fingerprint density at radius 2 is 2.09 bits per heavy atom. The number of halogens is 1. The van der Waals surface area contributed by atoms with Gasteiger partial charge in [0.1, 0.15) is 11.9 Å². The molecule has 5 heteroatoms. The number of ether oxygens (including phenoxy) is 1. The van der Waals surface area contributed by atoms with E-state index in [1.165, 1.54) is 5.56 Å². The lowest BCUT2D eigenvalue weighted by Crippen LogP contribution is -2.24. The monoisotopic (exact) mass is 332 g/mol. The van der Waals surface area contributed by atoms with E-state index in [1.807, 2.05) is 12.1 Å². The number of fused-ring (bicyclic) bond motifs is 1. The Morgan fingerprint density at radius 1 is 1.26 bits per heavy atom. The summed E-state index contributed by atoms with van der Waals surface area (Å²) in [5, 5.41) is 19.0. The highest BCUT2D eigenvalue weighted by Crippen LogP contribution is 2.28. The highest BCUT2D eigenvalue weighted by atomic mass is 35.5. The minimum absolute atomic E-state index is 0.343. The van der Waals surface area contributed by atoms with Crippen LogP contribution in [0.5, 0.6) is 5.75 Å². The molecule has 2 aromatic rings. The van der Waals surface area contributed by atoms with Crippen LogP contribution in [0.4, 0.5) is 0 Å². The fourth-order valence-corrected chi connectivity index (χ4v) is 2.89. The molecule has 0 saturated carbocycles. The van der Waals surface area contributed by atoms with Crippen molar-refractivity contribution in [3.63, 3.8) is 0 Å². The molecule has 3 rings (SSSR count). The van der Waals surface area contributed by atoms with Crippen LogP contribution in [0.25, 0.3) is 0 Å². The van der Waals surface area contributed by atoms with Gasteiger partial charge in [0, 0.05) is 17.0 Å². The van der Waals surface area contributed by atoms with Crippen LogP contribution < -0.4 is 4.74 Å². The van der Waals surface area contributed by atoms with Gasteiger partial charge < -0.3 is 14.9 Å². The zero-order valence-corrected chi connectivity index (χ0v) is 13.2. The Hall–Kier alpha value is -1.88. The second-order valence-electron chi connectivity index (χ2n) is 5.59. The maximum absolute atomic E-state index is 12.0. The molecule has 0 saturated heterocycles. The molecule has 0 spiro atoms. The Morgan fingerprint density at radius 3 is 2.87 bits per heavy atom. The van der Waals surface area contributed by atoms with Gasteiger partial charge >= 0.3 is 0 Å². The summed E-state index contributed by atoms with van der Waals surface area (Å²) < 4.78 is 5.49. The number of aliphatic hydroxyl groups is 2. The number of benzene rings is 2. The summed E-state index contributed by atoms with van der Waals surface area (Å²) in [6, 6.07) is 10.9. The number of ketones is 1. The molecular weight excluding hydrogens is 316 g/mol. The summed E-state index contributed by atoms with van der Waals surface area (Å²) in [5.74, 6) is 0.419.